The van der Waals surface area contributed by atoms with Crippen LogP contribution in [0.5, 0.6) is 5.75 Å². The van der Waals surface area contributed by atoms with Gasteiger partial charge in [0.2, 0.25) is 0 Å². The molecule has 0 saturated carbocycles. The zero-order chi connectivity index (χ0) is 28.9. The smallest absolute Gasteiger partial charge is 0.336 e. The molecule has 1 aromatic heterocycles. The van der Waals surface area contributed by atoms with Crippen molar-refractivity contribution in [2.75, 3.05) is 0 Å². The molecule has 0 aliphatic carbocycles. The molecule has 0 bridgehead atoms. The molecule has 5 aromatic carbocycles. The van der Waals surface area contributed by atoms with Gasteiger partial charge in [0.05, 0.1) is 0 Å². The third-order valence-electron chi connectivity index (χ3n) is 6.62. The second kappa shape index (κ2) is 8.20. The highest BCUT2D eigenvalue weighted by Crippen LogP contribution is 2.49. The summed E-state index contributed by atoms with van der Waals surface area (Å²) in [6.45, 7) is 0. The van der Waals surface area contributed by atoms with Crippen LogP contribution in [0.15, 0.2) is 84.6 Å². The molecule has 204 valence electrons. The molecular weight excluding hydrogens is 588 g/mol. The van der Waals surface area contributed by atoms with Crippen molar-refractivity contribution in [1.29, 1.82) is 0 Å². The van der Waals surface area contributed by atoms with E-state index < -0.39 is 62.0 Å². The zero-order valence-corrected chi connectivity index (χ0v) is 22.0. The summed E-state index contributed by atoms with van der Waals surface area (Å²) in [5.41, 5.74) is -1.30. The summed E-state index contributed by atoms with van der Waals surface area (Å²) in [6, 6.07) is 11.6. The molecule has 15 heteroatoms. The summed E-state index contributed by atoms with van der Waals surface area (Å²) >= 11 is 0. The lowest BCUT2D eigenvalue weighted by Crippen LogP contribution is -2.10. The molecule has 0 unspecified atom stereocenters. The maximum Gasteiger partial charge on any atom is 0.336 e. The van der Waals surface area contributed by atoms with Crippen LogP contribution in [0.3, 0.4) is 0 Å². The van der Waals surface area contributed by atoms with Crippen molar-refractivity contribution < 1.29 is 48.4 Å². The number of phenols is 1. The van der Waals surface area contributed by atoms with Crippen molar-refractivity contribution in [2.24, 2.45) is 0 Å². The Balaban J connectivity index is 1.95. The molecule has 4 N–H and O–H groups in total. The first-order valence-electron chi connectivity index (χ1n) is 11.0. The van der Waals surface area contributed by atoms with E-state index in [0.717, 1.165) is 24.3 Å². The molecule has 0 amide bonds. The minimum absolute atomic E-state index is 0.0310. The topological polar surface area (TPSA) is 214 Å². The van der Waals surface area contributed by atoms with Crippen LogP contribution in [0.2, 0.25) is 0 Å². The fourth-order valence-corrected chi connectivity index (χ4v) is 7.81. The minimum Gasteiger partial charge on any atom is -0.507 e. The maximum absolute atomic E-state index is 12.9. The zero-order valence-electron chi connectivity index (χ0n) is 19.6. The Bertz CT molecular complexity index is 2420. The Morgan fingerprint density at radius 2 is 1.15 bits per heavy atom. The van der Waals surface area contributed by atoms with Crippen LogP contribution < -0.4 is 5.63 Å². The molecule has 1 heterocycles. The van der Waals surface area contributed by atoms with Crippen LogP contribution >= 0.6 is 0 Å². The van der Waals surface area contributed by atoms with Crippen molar-refractivity contribution in [3.8, 4) is 16.9 Å². The van der Waals surface area contributed by atoms with E-state index in [1.165, 1.54) is 36.4 Å². The summed E-state index contributed by atoms with van der Waals surface area (Å²) in [7, 11) is -15.5. The van der Waals surface area contributed by atoms with Gasteiger partial charge in [-0.3, -0.25) is 13.7 Å². The van der Waals surface area contributed by atoms with Gasteiger partial charge in [0.1, 0.15) is 26.0 Å². The highest BCUT2D eigenvalue weighted by molar-refractivity contribution is 7.87. The van der Waals surface area contributed by atoms with Gasteiger partial charge in [-0.25, -0.2) is 4.79 Å². The van der Waals surface area contributed by atoms with E-state index in [0.29, 0.717) is 0 Å². The summed E-state index contributed by atoms with van der Waals surface area (Å²) in [6.07, 6.45) is 0. The lowest BCUT2D eigenvalue weighted by Gasteiger charge is -2.21. The lowest BCUT2D eigenvalue weighted by atomic mass is 9.90. The first kappa shape index (κ1) is 26.1. The SMILES string of the molecule is O=c1ccc2cc(-c3c(S(=O)(=O)O)c4ccc5c(O)cc(S(=O)(=O)O)c6ccc(c3S(=O)(=O)O)c4c56)ccc2o1. The highest BCUT2D eigenvalue weighted by Gasteiger charge is 2.33. The quantitative estimate of drug-likeness (QED) is 0.129. The molecule has 40 heavy (non-hydrogen) atoms. The van der Waals surface area contributed by atoms with E-state index in [1.807, 2.05) is 0 Å². The number of fused-ring (bicyclic) bond motifs is 1. The van der Waals surface area contributed by atoms with Crippen molar-refractivity contribution in [1.82, 2.24) is 0 Å². The number of hydrogen-bond acceptors (Lipinski definition) is 9. The first-order chi connectivity index (χ1) is 18.6. The predicted octanol–water partition coefficient (Wildman–Crippen LogP) is 3.80. The van der Waals surface area contributed by atoms with Crippen molar-refractivity contribution in [2.45, 2.75) is 14.7 Å². The average molecular weight is 603 g/mol. The second-order valence-electron chi connectivity index (χ2n) is 8.93. The number of rotatable bonds is 4. The molecule has 6 rings (SSSR count). The van der Waals surface area contributed by atoms with Gasteiger partial charge in [-0.15, -0.1) is 0 Å². The third kappa shape index (κ3) is 3.82. The number of benzene rings is 5. The van der Waals surface area contributed by atoms with Crippen LogP contribution in [0, 0.1) is 0 Å². The molecule has 0 saturated heterocycles. The molecule has 0 aliphatic heterocycles. The number of hydrogen-bond donors (Lipinski definition) is 4. The van der Waals surface area contributed by atoms with Gasteiger partial charge in [0.15, 0.2) is 0 Å². The van der Waals surface area contributed by atoms with E-state index in [1.54, 1.807) is 0 Å². The molecule has 0 spiro atoms. The summed E-state index contributed by atoms with van der Waals surface area (Å²) in [5.74, 6) is -0.628. The molecule has 0 fully saturated rings. The molecular formula is C25H14O12S3. The van der Waals surface area contributed by atoms with E-state index in [2.05, 4.69) is 0 Å². The minimum atomic E-state index is -5.28. The molecule has 0 aliphatic rings. The monoisotopic (exact) mass is 602 g/mol. The van der Waals surface area contributed by atoms with Gasteiger partial charge >= 0.3 is 5.63 Å². The second-order valence-corrected chi connectivity index (χ2v) is 13.0. The van der Waals surface area contributed by atoms with Crippen LogP contribution in [-0.2, 0) is 30.4 Å². The summed E-state index contributed by atoms with van der Waals surface area (Å²) in [5, 5.41) is 9.67. The van der Waals surface area contributed by atoms with Gasteiger partial charge in [0.25, 0.3) is 30.4 Å². The van der Waals surface area contributed by atoms with Gasteiger partial charge in [-0.2, -0.15) is 25.3 Å². The van der Waals surface area contributed by atoms with E-state index in [9.17, 15) is 48.8 Å². The molecule has 0 radical (unpaired) electrons. The van der Waals surface area contributed by atoms with Crippen molar-refractivity contribution in [3.05, 3.63) is 71.1 Å². The van der Waals surface area contributed by atoms with Crippen molar-refractivity contribution >= 4 is 73.6 Å². The van der Waals surface area contributed by atoms with Crippen LogP contribution in [-0.4, -0.2) is 44.0 Å². The summed E-state index contributed by atoms with van der Waals surface area (Å²) in [4.78, 5) is 8.98. The van der Waals surface area contributed by atoms with Crippen LogP contribution in [0.25, 0.3) is 54.4 Å². The summed E-state index contributed by atoms with van der Waals surface area (Å²) < 4.78 is 111. The Morgan fingerprint density at radius 1 is 0.600 bits per heavy atom. The largest absolute Gasteiger partial charge is 0.507 e. The van der Waals surface area contributed by atoms with E-state index in [-0.39, 0.29) is 48.9 Å². The predicted molar refractivity (Wildman–Crippen MR) is 143 cm³/mol. The fraction of sp³-hybridized carbons (Fsp3) is 0. The Morgan fingerprint density at radius 3 is 1.73 bits per heavy atom. The van der Waals surface area contributed by atoms with Crippen molar-refractivity contribution in [3.63, 3.8) is 0 Å². The van der Waals surface area contributed by atoms with Crippen LogP contribution in [0.4, 0.5) is 0 Å². The van der Waals surface area contributed by atoms with E-state index >= 15 is 0 Å². The van der Waals surface area contributed by atoms with Gasteiger partial charge < -0.3 is 9.52 Å². The number of aromatic hydroxyl groups is 1. The van der Waals surface area contributed by atoms with Gasteiger partial charge in [-0.1, -0.05) is 24.3 Å². The van der Waals surface area contributed by atoms with Gasteiger partial charge in [0, 0.05) is 55.4 Å². The standard InChI is InChI=1S/C25H14O12S3/c26-17-10-19(38(28,29)30)14-4-6-16-23-15(5-3-13(17)22(14)23)24(39(31,32)33)21(25(16)40(34,35)36)12-1-7-18-11(9-12)2-8-20(27)37-18/h1-10,26H,(H,28,29,30)(H,31,32,33)(H,34,35,36). The Kier molecular flexibility index (Phi) is 5.35. The normalized spacial score (nSPS) is 13.2. The highest BCUT2D eigenvalue weighted by atomic mass is 32.2. The first-order valence-corrected chi connectivity index (χ1v) is 15.4. The van der Waals surface area contributed by atoms with Gasteiger partial charge in [-0.05, 0) is 29.8 Å². The van der Waals surface area contributed by atoms with E-state index in [4.69, 9.17) is 4.42 Å². The average Bonchev–Trinajstić information content (AvgIpc) is 2.84. The Hall–Kier alpha value is -4.12. The molecule has 6 aromatic rings. The molecule has 12 nitrogen and oxygen atoms in total. The Labute approximate surface area is 224 Å². The maximum atomic E-state index is 12.9. The number of phenolic OH excluding ortho intramolecular Hbond substituents is 1. The van der Waals surface area contributed by atoms with Crippen LogP contribution in [0.1, 0.15) is 0 Å². The fourth-order valence-electron chi connectivity index (χ4n) is 5.18. The lowest BCUT2D eigenvalue weighted by molar-refractivity contribution is 0.471. The third-order valence-corrected chi connectivity index (χ3v) is 9.39. The molecule has 0 atom stereocenters.